The number of hydrogen-bond acceptors (Lipinski definition) is 4. The SMILES string of the molecule is I.NC(=NCC1(C2CC2)CC1)N1CCN(c2ncccn2)CC1. The molecule has 0 aromatic carbocycles. The molecular weight excluding hydrogens is 403 g/mol. The molecule has 0 bridgehead atoms. The van der Waals surface area contributed by atoms with Crippen molar-refractivity contribution < 1.29 is 0 Å². The average molecular weight is 428 g/mol. The van der Waals surface area contributed by atoms with Crippen LogP contribution in [0.5, 0.6) is 0 Å². The minimum Gasteiger partial charge on any atom is -0.370 e. The Hall–Kier alpha value is -1.12. The fourth-order valence-electron chi connectivity index (χ4n) is 3.48. The van der Waals surface area contributed by atoms with E-state index in [4.69, 9.17) is 10.7 Å². The lowest BCUT2D eigenvalue weighted by Gasteiger charge is -2.35. The maximum atomic E-state index is 6.21. The van der Waals surface area contributed by atoms with Crippen molar-refractivity contribution in [2.45, 2.75) is 25.7 Å². The zero-order valence-corrected chi connectivity index (χ0v) is 15.7. The zero-order chi connectivity index (χ0) is 15.0. The summed E-state index contributed by atoms with van der Waals surface area (Å²) in [5.74, 6) is 2.47. The van der Waals surface area contributed by atoms with Gasteiger partial charge in [0.1, 0.15) is 0 Å². The fourth-order valence-corrected chi connectivity index (χ4v) is 3.48. The van der Waals surface area contributed by atoms with E-state index in [1.54, 1.807) is 12.4 Å². The maximum absolute atomic E-state index is 6.21. The van der Waals surface area contributed by atoms with Gasteiger partial charge in [0, 0.05) is 45.1 Å². The number of halogens is 1. The Bertz CT molecular complexity index is 547. The van der Waals surface area contributed by atoms with Crippen molar-refractivity contribution in [2.24, 2.45) is 22.1 Å². The van der Waals surface area contributed by atoms with E-state index in [1.165, 1.54) is 25.7 Å². The van der Waals surface area contributed by atoms with Crippen LogP contribution >= 0.6 is 24.0 Å². The summed E-state index contributed by atoms with van der Waals surface area (Å²) in [5, 5.41) is 0. The van der Waals surface area contributed by atoms with E-state index < -0.39 is 0 Å². The minimum atomic E-state index is 0. The number of nitrogens with zero attached hydrogens (tertiary/aromatic N) is 5. The van der Waals surface area contributed by atoms with Crippen LogP contribution in [-0.2, 0) is 0 Å². The van der Waals surface area contributed by atoms with Gasteiger partial charge in [-0.3, -0.25) is 4.99 Å². The lowest BCUT2D eigenvalue weighted by molar-refractivity contribution is 0.373. The molecule has 3 aliphatic rings. The van der Waals surface area contributed by atoms with Crippen LogP contribution in [0.3, 0.4) is 0 Å². The van der Waals surface area contributed by atoms with Gasteiger partial charge in [0.05, 0.1) is 0 Å². The van der Waals surface area contributed by atoms with E-state index in [9.17, 15) is 0 Å². The molecular formula is C16H25IN6. The van der Waals surface area contributed by atoms with E-state index in [2.05, 4.69) is 19.8 Å². The summed E-state index contributed by atoms with van der Waals surface area (Å²) in [7, 11) is 0. The largest absolute Gasteiger partial charge is 0.370 e. The van der Waals surface area contributed by atoms with Gasteiger partial charge in [-0.1, -0.05) is 0 Å². The van der Waals surface area contributed by atoms with Gasteiger partial charge in [0.2, 0.25) is 5.95 Å². The Kier molecular flexibility index (Phi) is 4.93. The summed E-state index contributed by atoms with van der Waals surface area (Å²) in [4.78, 5) is 17.7. The van der Waals surface area contributed by atoms with Gasteiger partial charge in [0.15, 0.2) is 5.96 Å². The molecule has 2 N–H and O–H groups in total. The third-order valence-corrected chi connectivity index (χ3v) is 5.33. The first-order valence-corrected chi connectivity index (χ1v) is 8.34. The van der Waals surface area contributed by atoms with Gasteiger partial charge in [-0.2, -0.15) is 0 Å². The summed E-state index contributed by atoms with van der Waals surface area (Å²) in [6.07, 6.45) is 9.10. The molecule has 2 saturated carbocycles. The molecule has 7 heteroatoms. The van der Waals surface area contributed by atoms with Crippen LogP contribution in [0.1, 0.15) is 25.7 Å². The molecule has 0 spiro atoms. The molecule has 0 atom stereocenters. The maximum Gasteiger partial charge on any atom is 0.225 e. The lowest BCUT2D eigenvalue weighted by atomic mass is 10.0. The number of guanidine groups is 1. The fraction of sp³-hybridized carbons (Fsp3) is 0.688. The molecule has 1 aliphatic heterocycles. The summed E-state index contributed by atoms with van der Waals surface area (Å²) in [6.45, 7) is 4.52. The quantitative estimate of drug-likeness (QED) is 0.450. The summed E-state index contributed by atoms with van der Waals surface area (Å²) < 4.78 is 0. The number of aromatic nitrogens is 2. The molecule has 2 aliphatic carbocycles. The van der Waals surface area contributed by atoms with Gasteiger partial charge in [0.25, 0.3) is 0 Å². The second kappa shape index (κ2) is 6.78. The van der Waals surface area contributed by atoms with E-state index in [1.807, 2.05) is 6.07 Å². The van der Waals surface area contributed by atoms with Gasteiger partial charge in [-0.05, 0) is 43.1 Å². The highest BCUT2D eigenvalue weighted by molar-refractivity contribution is 14.0. The van der Waals surface area contributed by atoms with Crippen LogP contribution in [0.15, 0.2) is 23.5 Å². The molecule has 1 saturated heterocycles. The Labute approximate surface area is 154 Å². The van der Waals surface area contributed by atoms with Crippen LogP contribution < -0.4 is 10.6 Å². The Morgan fingerprint density at radius 3 is 2.39 bits per heavy atom. The highest BCUT2D eigenvalue weighted by Crippen LogP contribution is 2.61. The van der Waals surface area contributed by atoms with Gasteiger partial charge < -0.3 is 15.5 Å². The monoisotopic (exact) mass is 428 g/mol. The molecule has 3 fully saturated rings. The van der Waals surface area contributed by atoms with Crippen molar-refractivity contribution in [1.29, 1.82) is 0 Å². The predicted octanol–water partition coefficient (Wildman–Crippen LogP) is 1.72. The molecule has 0 unspecified atom stereocenters. The second-order valence-electron chi connectivity index (χ2n) is 6.83. The standard InChI is InChI=1S/C16H24N6.HI/c17-14(20-12-16(4-5-16)13-2-3-13)21-8-10-22(11-9-21)15-18-6-1-7-19-15;/h1,6-7,13H,2-5,8-12H2,(H2,17,20);1H. The molecule has 0 radical (unpaired) electrons. The highest BCUT2D eigenvalue weighted by Gasteiger charge is 2.53. The number of rotatable bonds is 4. The number of anilines is 1. The number of hydrogen-bond donors (Lipinski definition) is 1. The minimum absolute atomic E-state index is 0. The molecule has 4 rings (SSSR count). The van der Waals surface area contributed by atoms with Crippen LogP contribution in [0.4, 0.5) is 5.95 Å². The predicted molar refractivity (Wildman–Crippen MR) is 102 cm³/mol. The van der Waals surface area contributed by atoms with Crippen LogP contribution in [0.2, 0.25) is 0 Å². The van der Waals surface area contributed by atoms with Gasteiger partial charge in [-0.15, -0.1) is 24.0 Å². The zero-order valence-electron chi connectivity index (χ0n) is 13.4. The van der Waals surface area contributed by atoms with E-state index in [-0.39, 0.29) is 24.0 Å². The van der Waals surface area contributed by atoms with Crippen molar-refractivity contribution >= 4 is 35.9 Å². The normalized spacial score (nSPS) is 23.4. The van der Waals surface area contributed by atoms with E-state index in [0.29, 0.717) is 5.41 Å². The smallest absolute Gasteiger partial charge is 0.225 e. The Morgan fingerprint density at radius 1 is 1.17 bits per heavy atom. The lowest BCUT2D eigenvalue weighted by Crippen LogP contribution is -2.51. The van der Waals surface area contributed by atoms with Crippen molar-refractivity contribution in [3.8, 4) is 0 Å². The first-order chi connectivity index (χ1) is 10.8. The number of piperazine rings is 1. The highest BCUT2D eigenvalue weighted by atomic mass is 127. The van der Waals surface area contributed by atoms with Crippen molar-refractivity contribution in [3.05, 3.63) is 18.5 Å². The van der Waals surface area contributed by atoms with E-state index in [0.717, 1.165) is 50.5 Å². The average Bonchev–Trinajstić information content (AvgIpc) is 3.47. The Morgan fingerprint density at radius 2 is 1.83 bits per heavy atom. The molecule has 6 nitrogen and oxygen atoms in total. The third-order valence-electron chi connectivity index (χ3n) is 5.33. The molecule has 1 aromatic heterocycles. The van der Waals surface area contributed by atoms with Gasteiger partial charge in [-0.25, -0.2) is 9.97 Å². The molecule has 0 amide bonds. The summed E-state index contributed by atoms with van der Waals surface area (Å²) in [6, 6.07) is 1.85. The molecule has 126 valence electrons. The summed E-state index contributed by atoms with van der Waals surface area (Å²) in [5.41, 5.74) is 6.75. The van der Waals surface area contributed by atoms with Crippen molar-refractivity contribution in [2.75, 3.05) is 37.6 Å². The van der Waals surface area contributed by atoms with Crippen LogP contribution in [-0.4, -0.2) is 53.6 Å². The van der Waals surface area contributed by atoms with E-state index >= 15 is 0 Å². The van der Waals surface area contributed by atoms with Crippen molar-refractivity contribution in [3.63, 3.8) is 0 Å². The van der Waals surface area contributed by atoms with Crippen molar-refractivity contribution in [1.82, 2.24) is 14.9 Å². The topological polar surface area (TPSA) is 70.6 Å². The molecule has 23 heavy (non-hydrogen) atoms. The molecule has 2 heterocycles. The van der Waals surface area contributed by atoms with Gasteiger partial charge >= 0.3 is 0 Å². The molecule has 1 aromatic rings. The first kappa shape index (κ1) is 16.7. The first-order valence-electron chi connectivity index (χ1n) is 8.34. The number of nitrogens with two attached hydrogens (primary N) is 1. The number of aliphatic imine (C=N–C) groups is 1. The third kappa shape index (κ3) is 3.70. The second-order valence-corrected chi connectivity index (χ2v) is 6.83. The summed E-state index contributed by atoms with van der Waals surface area (Å²) >= 11 is 0. The Balaban J connectivity index is 0.00000156. The van der Waals surface area contributed by atoms with Crippen LogP contribution in [0.25, 0.3) is 0 Å². The van der Waals surface area contributed by atoms with Crippen LogP contribution in [0, 0.1) is 11.3 Å².